The van der Waals surface area contributed by atoms with Gasteiger partial charge in [-0.2, -0.15) is 5.26 Å². The van der Waals surface area contributed by atoms with E-state index in [2.05, 4.69) is 38.1 Å². The van der Waals surface area contributed by atoms with E-state index in [1.54, 1.807) is 0 Å². The van der Waals surface area contributed by atoms with Crippen LogP contribution in [0.15, 0.2) is 42.5 Å². The van der Waals surface area contributed by atoms with Gasteiger partial charge in [-0.25, -0.2) is 0 Å². The van der Waals surface area contributed by atoms with Gasteiger partial charge in [0.2, 0.25) is 0 Å². The average molecular weight is 221 g/mol. The van der Waals surface area contributed by atoms with Crippen molar-refractivity contribution in [3.8, 4) is 17.2 Å². The second-order valence-corrected chi connectivity index (χ2v) is 4.20. The van der Waals surface area contributed by atoms with Gasteiger partial charge in [-0.05, 0) is 42.2 Å². The molecule has 0 spiro atoms. The van der Waals surface area contributed by atoms with Crippen molar-refractivity contribution in [3.63, 3.8) is 0 Å². The Hall–Kier alpha value is -2.07. The third kappa shape index (κ3) is 2.37. The van der Waals surface area contributed by atoms with Crippen molar-refractivity contribution in [3.05, 3.63) is 59.2 Å². The second kappa shape index (κ2) is 4.84. The maximum atomic E-state index is 8.79. The summed E-state index contributed by atoms with van der Waals surface area (Å²) in [7, 11) is 0. The van der Waals surface area contributed by atoms with Gasteiger partial charge in [0.15, 0.2) is 0 Å². The summed E-state index contributed by atoms with van der Waals surface area (Å²) in [6.07, 6.45) is 1.02. The smallest absolute Gasteiger partial charge is 0.0991 e. The normalized spacial score (nSPS) is 9.94. The minimum atomic E-state index is 0.707. The molecule has 0 unspecified atom stereocenters. The zero-order valence-corrected chi connectivity index (χ0v) is 10.2. The molecule has 0 aliphatic heterocycles. The van der Waals surface area contributed by atoms with Crippen LogP contribution in [0.1, 0.15) is 23.6 Å². The van der Waals surface area contributed by atoms with E-state index < -0.39 is 0 Å². The summed E-state index contributed by atoms with van der Waals surface area (Å²) in [4.78, 5) is 0. The highest BCUT2D eigenvalue weighted by molar-refractivity contribution is 5.68. The lowest BCUT2D eigenvalue weighted by atomic mass is 9.96. The highest BCUT2D eigenvalue weighted by Gasteiger charge is 2.03. The Labute approximate surface area is 102 Å². The van der Waals surface area contributed by atoms with E-state index in [0.717, 1.165) is 6.42 Å². The van der Waals surface area contributed by atoms with Crippen LogP contribution in [-0.4, -0.2) is 0 Å². The highest BCUT2D eigenvalue weighted by Crippen LogP contribution is 2.25. The first-order chi connectivity index (χ1) is 8.24. The molecule has 2 rings (SSSR count). The number of benzene rings is 2. The van der Waals surface area contributed by atoms with Crippen LogP contribution in [0.4, 0.5) is 0 Å². The van der Waals surface area contributed by atoms with Gasteiger partial charge in [-0.15, -0.1) is 0 Å². The first-order valence-electron chi connectivity index (χ1n) is 5.84. The Morgan fingerprint density at radius 3 is 2.35 bits per heavy atom. The predicted octanol–water partition coefficient (Wildman–Crippen LogP) is 4.10. The molecule has 2 aromatic rings. The van der Waals surface area contributed by atoms with Crippen LogP contribution >= 0.6 is 0 Å². The SMILES string of the molecule is CCc1cc(C)ccc1-c1ccc(C#N)cc1. The van der Waals surface area contributed by atoms with Crippen molar-refractivity contribution in [2.45, 2.75) is 20.3 Å². The summed E-state index contributed by atoms with van der Waals surface area (Å²) in [6.45, 7) is 4.28. The molecule has 0 aromatic heterocycles. The molecule has 0 saturated heterocycles. The third-order valence-corrected chi connectivity index (χ3v) is 2.97. The van der Waals surface area contributed by atoms with Gasteiger partial charge in [0.25, 0.3) is 0 Å². The molecule has 0 atom stereocenters. The summed E-state index contributed by atoms with van der Waals surface area (Å²) in [6, 6.07) is 16.4. The van der Waals surface area contributed by atoms with Gasteiger partial charge >= 0.3 is 0 Å². The van der Waals surface area contributed by atoms with E-state index in [1.807, 2.05) is 24.3 Å². The van der Waals surface area contributed by atoms with Crippen molar-refractivity contribution in [1.29, 1.82) is 5.26 Å². The molecule has 0 heterocycles. The lowest BCUT2D eigenvalue weighted by molar-refractivity contribution is 1.13. The average Bonchev–Trinajstić information content (AvgIpc) is 2.39. The molecule has 0 fully saturated rings. The van der Waals surface area contributed by atoms with E-state index in [9.17, 15) is 0 Å². The number of nitrogens with zero attached hydrogens (tertiary/aromatic N) is 1. The number of nitriles is 1. The summed E-state index contributed by atoms with van der Waals surface area (Å²) >= 11 is 0. The van der Waals surface area contributed by atoms with Crippen LogP contribution < -0.4 is 0 Å². The Bertz CT molecular complexity index is 559. The molecule has 0 saturated carbocycles. The zero-order valence-electron chi connectivity index (χ0n) is 10.2. The number of hydrogen-bond donors (Lipinski definition) is 0. The van der Waals surface area contributed by atoms with Gasteiger partial charge < -0.3 is 0 Å². The predicted molar refractivity (Wildman–Crippen MR) is 70.7 cm³/mol. The standard InChI is InChI=1S/C16H15N/c1-3-14-10-12(2)4-9-16(14)15-7-5-13(11-17)6-8-15/h4-10H,3H2,1-2H3. The van der Waals surface area contributed by atoms with E-state index in [1.165, 1.54) is 22.3 Å². The van der Waals surface area contributed by atoms with Crippen molar-refractivity contribution in [2.24, 2.45) is 0 Å². The van der Waals surface area contributed by atoms with Gasteiger partial charge in [0, 0.05) is 0 Å². The highest BCUT2D eigenvalue weighted by atomic mass is 14.2. The van der Waals surface area contributed by atoms with Crippen LogP contribution in [0, 0.1) is 18.3 Å². The van der Waals surface area contributed by atoms with E-state index in [-0.39, 0.29) is 0 Å². The molecule has 0 radical (unpaired) electrons. The third-order valence-electron chi connectivity index (χ3n) is 2.97. The molecule has 1 nitrogen and oxygen atoms in total. The van der Waals surface area contributed by atoms with Crippen molar-refractivity contribution in [1.82, 2.24) is 0 Å². The summed E-state index contributed by atoms with van der Waals surface area (Å²) in [5.74, 6) is 0. The fourth-order valence-corrected chi connectivity index (χ4v) is 2.02. The van der Waals surface area contributed by atoms with E-state index in [4.69, 9.17) is 5.26 Å². The minimum absolute atomic E-state index is 0.707. The fraction of sp³-hybridized carbons (Fsp3) is 0.188. The van der Waals surface area contributed by atoms with Gasteiger partial charge in [0.05, 0.1) is 11.6 Å². The van der Waals surface area contributed by atoms with Crippen molar-refractivity contribution in [2.75, 3.05) is 0 Å². The Morgan fingerprint density at radius 1 is 1.06 bits per heavy atom. The maximum absolute atomic E-state index is 8.79. The molecule has 0 aliphatic rings. The van der Waals surface area contributed by atoms with Crippen molar-refractivity contribution >= 4 is 0 Å². The number of aryl methyl sites for hydroxylation is 2. The Balaban J connectivity index is 2.49. The van der Waals surface area contributed by atoms with Gasteiger partial charge in [0.1, 0.15) is 0 Å². The molecule has 0 aliphatic carbocycles. The number of hydrogen-bond acceptors (Lipinski definition) is 1. The topological polar surface area (TPSA) is 23.8 Å². The second-order valence-electron chi connectivity index (χ2n) is 4.20. The molecule has 1 heteroatoms. The quantitative estimate of drug-likeness (QED) is 0.749. The first kappa shape index (κ1) is 11.4. The monoisotopic (exact) mass is 221 g/mol. The van der Waals surface area contributed by atoms with Crippen LogP contribution in [0.25, 0.3) is 11.1 Å². The molecule has 84 valence electrons. The van der Waals surface area contributed by atoms with Crippen LogP contribution in [0.5, 0.6) is 0 Å². The molecular formula is C16H15N. The van der Waals surface area contributed by atoms with Gasteiger partial charge in [-0.1, -0.05) is 42.8 Å². The fourth-order valence-electron chi connectivity index (χ4n) is 2.02. The first-order valence-corrected chi connectivity index (χ1v) is 5.84. The zero-order chi connectivity index (χ0) is 12.3. The molecule has 0 N–H and O–H groups in total. The Kier molecular flexibility index (Phi) is 3.25. The maximum Gasteiger partial charge on any atom is 0.0991 e. The summed E-state index contributed by atoms with van der Waals surface area (Å²) < 4.78 is 0. The molecule has 2 aromatic carbocycles. The largest absolute Gasteiger partial charge is 0.192 e. The molecule has 17 heavy (non-hydrogen) atoms. The number of rotatable bonds is 2. The lowest BCUT2D eigenvalue weighted by Gasteiger charge is -2.09. The van der Waals surface area contributed by atoms with Crippen LogP contribution in [0.2, 0.25) is 0 Å². The summed E-state index contributed by atoms with van der Waals surface area (Å²) in [5.41, 5.74) is 5.80. The molecule has 0 bridgehead atoms. The molecule has 0 amide bonds. The summed E-state index contributed by atoms with van der Waals surface area (Å²) in [5, 5.41) is 8.79. The van der Waals surface area contributed by atoms with Crippen LogP contribution in [-0.2, 0) is 6.42 Å². The Morgan fingerprint density at radius 2 is 1.76 bits per heavy atom. The van der Waals surface area contributed by atoms with Crippen molar-refractivity contribution < 1.29 is 0 Å². The minimum Gasteiger partial charge on any atom is -0.192 e. The van der Waals surface area contributed by atoms with Gasteiger partial charge in [-0.3, -0.25) is 0 Å². The molecular weight excluding hydrogens is 206 g/mol. The van der Waals surface area contributed by atoms with E-state index >= 15 is 0 Å². The van der Waals surface area contributed by atoms with Crippen LogP contribution in [0.3, 0.4) is 0 Å². The lowest BCUT2D eigenvalue weighted by Crippen LogP contribution is -1.89. The van der Waals surface area contributed by atoms with E-state index in [0.29, 0.717) is 5.56 Å².